The highest BCUT2D eigenvalue weighted by atomic mass is 32.1. The molecular formula is C36H51N5O6S. The number of nitrogens with zero attached hydrogens (tertiary/aromatic N) is 3. The van der Waals surface area contributed by atoms with Gasteiger partial charge in [-0.3, -0.25) is 14.5 Å². The number of carbonyl (C=O) groups is 2. The largest absolute Gasteiger partial charge is 0.497 e. The van der Waals surface area contributed by atoms with E-state index in [0.29, 0.717) is 54.6 Å². The third-order valence-electron chi connectivity index (χ3n) is 9.57. The second-order valence-corrected chi connectivity index (χ2v) is 14.4. The molecule has 2 aromatic heterocycles. The molecule has 2 heterocycles. The third-order valence-corrected chi connectivity index (χ3v) is 10.3. The Bertz CT molecular complexity index is 1550. The first-order valence-electron chi connectivity index (χ1n) is 17.3. The molecule has 48 heavy (non-hydrogen) atoms. The number of hydrogen-bond donors (Lipinski definition) is 3. The number of amides is 1. The number of anilines is 1. The van der Waals surface area contributed by atoms with Crippen LogP contribution in [0.4, 0.5) is 5.13 Å². The molecule has 5 rings (SSSR count). The maximum Gasteiger partial charge on any atom is 0.309 e. The van der Waals surface area contributed by atoms with E-state index >= 15 is 0 Å². The standard InChI is InChI=1S/C36H51N5O6S/c1-6-46-35(44)26-15-22(26)11-9-7-8-10-14-41(4)34(43)28-17-24(16-27(28)33(37)42)47-32-19-30(31-20-48-36(40-31)38-21(2)3)39-29-18-23(45-5)12-13-25(29)32/h12-13,18-22,24,26-28,34,43H,6-11,14-17H2,1-5H3,(H2,37,42)(H,38,40)/t22-,24-,26+,27-,28-,34?/m1/s1. The van der Waals surface area contributed by atoms with Crippen LogP contribution in [0.2, 0.25) is 0 Å². The van der Waals surface area contributed by atoms with Gasteiger partial charge in [-0.25, -0.2) is 9.97 Å². The van der Waals surface area contributed by atoms with Gasteiger partial charge in [-0.05, 0) is 78.0 Å². The zero-order chi connectivity index (χ0) is 34.4. The number of esters is 1. The smallest absolute Gasteiger partial charge is 0.309 e. The molecule has 1 unspecified atom stereocenters. The van der Waals surface area contributed by atoms with Gasteiger partial charge in [-0.1, -0.05) is 19.3 Å². The van der Waals surface area contributed by atoms with Gasteiger partial charge in [-0.2, -0.15) is 0 Å². The molecule has 0 radical (unpaired) electrons. The molecular weight excluding hydrogens is 630 g/mol. The lowest BCUT2D eigenvalue weighted by Gasteiger charge is -2.30. The SMILES string of the molecule is CCOC(=O)[C@H]1C[C@H]1CCCCCCN(C)C(O)[C@@H]1C[C@H](Oc2cc(-c3csc(NC(C)C)n3)nc3cc(OC)ccc23)C[C@H]1C(N)=O. The number of unbranched alkanes of at least 4 members (excludes halogenated alkanes) is 3. The number of pyridine rings is 1. The predicted octanol–water partition coefficient (Wildman–Crippen LogP) is 5.85. The summed E-state index contributed by atoms with van der Waals surface area (Å²) in [5.41, 5.74) is 8.01. The van der Waals surface area contributed by atoms with Gasteiger partial charge in [0.1, 0.15) is 23.4 Å². The Labute approximate surface area is 287 Å². The highest BCUT2D eigenvalue weighted by Crippen LogP contribution is 2.43. The molecule has 2 saturated carbocycles. The number of aromatic nitrogens is 2. The van der Waals surface area contributed by atoms with Crippen LogP contribution in [0.3, 0.4) is 0 Å². The fraction of sp³-hybridized carbons (Fsp3) is 0.611. The Morgan fingerprint density at radius 2 is 1.88 bits per heavy atom. The van der Waals surface area contributed by atoms with Crippen molar-refractivity contribution in [3.05, 3.63) is 29.6 Å². The van der Waals surface area contributed by atoms with Gasteiger partial charge in [-0.15, -0.1) is 11.3 Å². The average Bonchev–Trinajstić information content (AvgIpc) is 3.47. The van der Waals surface area contributed by atoms with Crippen molar-refractivity contribution in [2.45, 2.75) is 90.5 Å². The summed E-state index contributed by atoms with van der Waals surface area (Å²) in [7, 11) is 3.52. The number of nitrogens with one attached hydrogen (secondary N) is 1. The van der Waals surface area contributed by atoms with E-state index in [0.717, 1.165) is 54.7 Å². The Morgan fingerprint density at radius 3 is 2.60 bits per heavy atom. The number of rotatable bonds is 18. The summed E-state index contributed by atoms with van der Waals surface area (Å²) in [5, 5.41) is 18.4. The minimum absolute atomic E-state index is 0.0458. The normalized spacial score (nSPS) is 22.6. The van der Waals surface area contributed by atoms with Crippen LogP contribution in [0.1, 0.15) is 72.1 Å². The van der Waals surface area contributed by atoms with Crippen molar-refractivity contribution < 1.29 is 28.9 Å². The minimum atomic E-state index is -0.816. The second-order valence-electron chi connectivity index (χ2n) is 13.6. The molecule has 3 aromatic rings. The van der Waals surface area contributed by atoms with Crippen LogP contribution in [-0.2, 0) is 14.3 Å². The van der Waals surface area contributed by atoms with Gasteiger partial charge in [0.2, 0.25) is 5.91 Å². The number of aliphatic hydroxyl groups excluding tert-OH is 1. The fourth-order valence-electron chi connectivity index (χ4n) is 6.88. The van der Waals surface area contributed by atoms with Gasteiger partial charge in [0, 0.05) is 47.3 Å². The molecule has 0 aliphatic heterocycles. The van der Waals surface area contributed by atoms with Crippen LogP contribution in [-0.4, -0.2) is 77.5 Å². The number of primary amides is 1. The summed E-state index contributed by atoms with van der Waals surface area (Å²) >= 11 is 1.52. The summed E-state index contributed by atoms with van der Waals surface area (Å²) in [6.07, 6.45) is 5.97. The number of thiazole rings is 1. The molecule has 262 valence electrons. The first kappa shape index (κ1) is 35.8. The fourth-order valence-corrected chi connectivity index (χ4v) is 7.73. The number of ether oxygens (including phenoxy) is 3. The minimum Gasteiger partial charge on any atom is -0.497 e. The Balaban J connectivity index is 1.20. The number of fused-ring (bicyclic) bond motifs is 1. The van der Waals surface area contributed by atoms with Crippen molar-refractivity contribution >= 4 is 39.2 Å². The van der Waals surface area contributed by atoms with E-state index in [-0.39, 0.29) is 30.0 Å². The van der Waals surface area contributed by atoms with Crippen LogP contribution in [0.5, 0.6) is 11.5 Å². The van der Waals surface area contributed by atoms with Crippen molar-refractivity contribution in [3.63, 3.8) is 0 Å². The van der Waals surface area contributed by atoms with Gasteiger partial charge in [0.05, 0.1) is 36.9 Å². The molecule has 2 aliphatic rings. The first-order chi connectivity index (χ1) is 23.1. The monoisotopic (exact) mass is 681 g/mol. The number of aliphatic hydroxyl groups is 1. The molecule has 4 N–H and O–H groups in total. The number of benzene rings is 1. The van der Waals surface area contributed by atoms with Crippen LogP contribution < -0.4 is 20.5 Å². The van der Waals surface area contributed by atoms with Gasteiger partial charge >= 0.3 is 5.97 Å². The van der Waals surface area contributed by atoms with Crippen LogP contribution in [0, 0.1) is 23.7 Å². The number of hydrogen-bond acceptors (Lipinski definition) is 11. The van der Waals surface area contributed by atoms with Gasteiger partial charge < -0.3 is 30.4 Å². The maximum atomic E-state index is 12.6. The number of nitrogens with two attached hydrogens (primary N) is 1. The van der Waals surface area contributed by atoms with E-state index in [1.165, 1.54) is 11.3 Å². The van der Waals surface area contributed by atoms with E-state index in [1.807, 2.05) is 48.5 Å². The lowest BCUT2D eigenvalue weighted by molar-refractivity contribution is -0.145. The topological polar surface area (TPSA) is 149 Å². The van der Waals surface area contributed by atoms with Crippen molar-refractivity contribution in [1.29, 1.82) is 0 Å². The predicted molar refractivity (Wildman–Crippen MR) is 188 cm³/mol. The summed E-state index contributed by atoms with van der Waals surface area (Å²) in [6.45, 7) is 7.14. The van der Waals surface area contributed by atoms with Crippen LogP contribution in [0.25, 0.3) is 22.3 Å². The quantitative estimate of drug-likeness (QED) is 0.0849. The lowest BCUT2D eigenvalue weighted by Crippen LogP contribution is -2.42. The lowest BCUT2D eigenvalue weighted by atomic mass is 9.93. The zero-order valence-corrected chi connectivity index (χ0v) is 29.6. The molecule has 12 heteroatoms. The van der Waals surface area contributed by atoms with Crippen molar-refractivity contribution in [1.82, 2.24) is 14.9 Å². The highest BCUT2D eigenvalue weighted by molar-refractivity contribution is 7.14. The van der Waals surface area contributed by atoms with E-state index in [4.69, 9.17) is 29.9 Å². The summed E-state index contributed by atoms with van der Waals surface area (Å²) in [4.78, 5) is 36.0. The number of methoxy groups -OCH3 is 1. The van der Waals surface area contributed by atoms with Crippen LogP contribution in [0.15, 0.2) is 29.6 Å². The Morgan fingerprint density at radius 1 is 1.08 bits per heavy atom. The zero-order valence-electron chi connectivity index (χ0n) is 28.8. The summed E-state index contributed by atoms with van der Waals surface area (Å²) in [6, 6.07) is 7.83. The van der Waals surface area contributed by atoms with Crippen molar-refractivity contribution in [2.24, 2.45) is 29.4 Å². The van der Waals surface area contributed by atoms with E-state index in [2.05, 4.69) is 19.2 Å². The van der Waals surface area contributed by atoms with Gasteiger partial charge in [0.15, 0.2) is 5.13 Å². The average molecular weight is 682 g/mol. The Hall–Kier alpha value is -3.48. The molecule has 0 saturated heterocycles. The molecule has 2 aliphatic carbocycles. The first-order valence-corrected chi connectivity index (χ1v) is 18.2. The summed E-state index contributed by atoms with van der Waals surface area (Å²) in [5.74, 6) is 0.587. The van der Waals surface area contributed by atoms with E-state index in [9.17, 15) is 14.7 Å². The van der Waals surface area contributed by atoms with Crippen LogP contribution >= 0.6 is 11.3 Å². The molecule has 1 amide bonds. The molecule has 1 aromatic carbocycles. The van der Waals surface area contributed by atoms with E-state index < -0.39 is 18.1 Å². The third kappa shape index (κ3) is 8.95. The number of carbonyl (C=O) groups excluding carboxylic acids is 2. The molecule has 0 bridgehead atoms. The molecule has 2 fully saturated rings. The molecule has 0 spiro atoms. The van der Waals surface area contributed by atoms with Crippen molar-refractivity contribution in [3.8, 4) is 22.9 Å². The van der Waals surface area contributed by atoms with E-state index in [1.54, 1.807) is 7.11 Å². The maximum absolute atomic E-state index is 12.6. The molecule has 11 nitrogen and oxygen atoms in total. The Kier molecular flexibility index (Phi) is 12.1. The van der Waals surface area contributed by atoms with Crippen molar-refractivity contribution in [2.75, 3.05) is 32.6 Å². The highest BCUT2D eigenvalue weighted by Gasteiger charge is 2.44. The second kappa shape index (κ2) is 16.3. The molecule has 6 atom stereocenters. The van der Waals surface area contributed by atoms with Gasteiger partial charge in [0.25, 0.3) is 0 Å². The summed E-state index contributed by atoms with van der Waals surface area (Å²) < 4.78 is 17.2.